The molecule has 0 bridgehead atoms. The van der Waals surface area contributed by atoms with Crippen molar-refractivity contribution in [3.8, 4) is 22.4 Å². The molecular formula is C24H18N4. The molecule has 0 radical (unpaired) electrons. The maximum absolute atomic E-state index is 4.57. The van der Waals surface area contributed by atoms with Gasteiger partial charge in [-0.2, -0.15) is 10.2 Å². The minimum atomic E-state index is 0.905. The molecule has 3 aromatic carbocycles. The Morgan fingerprint density at radius 1 is 0.786 bits per heavy atom. The molecule has 0 saturated heterocycles. The Morgan fingerprint density at radius 2 is 1.39 bits per heavy atom. The number of H-pyrrole nitrogens is 1. The second-order valence-electron chi connectivity index (χ2n) is 6.85. The maximum Gasteiger partial charge on any atom is 0.101 e. The van der Waals surface area contributed by atoms with Gasteiger partial charge in [-0.15, -0.1) is 5.10 Å². The summed E-state index contributed by atoms with van der Waals surface area (Å²) in [6.07, 6.45) is 3.53. The molecule has 1 heterocycles. The van der Waals surface area contributed by atoms with Crippen molar-refractivity contribution in [2.45, 2.75) is 6.92 Å². The van der Waals surface area contributed by atoms with Gasteiger partial charge in [-0.3, -0.25) is 5.10 Å². The third-order valence-corrected chi connectivity index (χ3v) is 5.02. The van der Waals surface area contributed by atoms with Crippen LogP contribution >= 0.6 is 0 Å². The van der Waals surface area contributed by atoms with Crippen LogP contribution in [0.15, 0.2) is 89.2 Å². The molecule has 5 rings (SSSR count). The number of aryl methyl sites for hydroxylation is 1. The first kappa shape index (κ1) is 16.4. The van der Waals surface area contributed by atoms with Gasteiger partial charge >= 0.3 is 0 Å². The molecule has 0 spiro atoms. The molecule has 0 saturated carbocycles. The van der Waals surface area contributed by atoms with Crippen molar-refractivity contribution in [1.82, 2.24) is 10.2 Å². The Bertz CT molecular complexity index is 1170. The molecule has 0 aliphatic heterocycles. The molecule has 0 unspecified atom stereocenters. The Kier molecular flexibility index (Phi) is 3.95. The van der Waals surface area contributed by atoms with Gasteiger partial charge in [0.25, 0.3) is 0 Å². The van der Waals surface area contributed by atoms with E-state index in [0.29, 0.717) is 0 Å². The Hall–Kier alpha value is -3.79. The lowest BCUT2D eigenvalue weighted by Crippen LogP contribution is -1.97. The smallest absolute Gasteiger partial charge is 0.101 e. The van der Waals surface area contributed by atoms with Crippen molar-refractivity contribution >= 4 is 11.9 Å². The number of aromatic nitrogens is 2. The molecule has 0 fully saturated rings. The quantitative estimate of drug-likeness (QED) is 0.346. The lowest BCUT2D eigenvalue weighted by molar-refractivity contribution is 1.09. The molecule has 1 aliphatic carbocycles. The van der Waals surface area contributed by atoms with Gasteiger partial charge in [0.15, 0.2) is 0 Å². The van der Waals surface area contributed by atoms with Crippen molar-refractivity contribution in [3.63, 3.8) is 0 Å². The number of nitrogens with one attached hydrogen (secondary N) is 1. The van der Waals surface area contributed by atoms with E-state index in [1.807, 2.05) is 12.1 Å². The SMILES string of the molecule is Cc1ccc(-c2[nH]ncc2/C=N/N=C2c3ccccc3-c3ccccc32)cc1. The van der Waals surface area contributed by atoms with Crippen LogP contribution in [0.25, 0.3) is 22.4 Å². The van der Waals surface area contributed by atoms with Crippen LogP contribution in [0.3, 0.4) is 0 Å². The molecule has 0 atom stereocenters. The predicted octanol–water partition coefficient (Wildman–Crippen LogP) is 5.24. The van der Waals surface area contributed by atoms with Crippen molar-refractivity contribution in [2.75, 3.05) is 0 Å². The molecule has 4 nitrogen and oxygen atoms in total. The van der Waals surface area contributed by atoms with Gasteiger partial charge in [0.1, 0.15) is 5.71 Å². The molecule has 1 N–H and O–H groups in total. The Balaban J connectivity index is 1.52. The molecule has 134 valence electrons. The maximum atomic E-state index is 4.57. The number of hydrogen-bond donors (Lipinski definition) is 1. The second kappa shape index (κ2) is 6.74. The molecule has 28 heavy (non-hydrogen) atoms. The van der Waals surface area contributed by atoms with Crippen molar-refractivity contribution < 1.29 is 0 Å². The van der Waals surface area contributed by atoms with Gasteiger partial charge in [0.2, 0.25) is 0 Å². The van der Waals surface area contributed by atoms with Crippen LogP contribution in [0.2, 0.25) is 0 Å². The Labute approximate surface area is 163 Å². The zero-order valence-electron chi connectivity index (χ0n) is 15.4. The number of fused-ring (bicyclic) bond motifs is 3. The number of hydrogen-bond acceptors (Lipinski definition) is 3. The third kappa shape index (κ3) is 2.76. The highest BCUT2D eigenvalue weighted by Crippen LogP contribution is 2.36. The van der Waals surface area contributed by atoms with E-state index in [1.54, 1.807) is 12.4 Å². The minimum absolute atomic E-state index is 0.905. The van der Waals surface area contributed by atoms with Gasteiger partial charge in [-0.05, 0) is 18.1 Å². The number of aromatic amines is 1. The van der Waals surface area contributed by atoms with Gasteiger partial charge in [-0.1, -0.05) is 78.4 Å². The monoisotopic (exact) mass is 362 g/mol. The molecule has 4 aromatic rings. The van der Waals surface area contributed by atoms with Crippen LogP contribution in [0.4, 0.5) is 0 Å². The van der Waals surface area contributed by atoms with E-state index in [4.69, 9.17) is 0 Å². The summed E-state index contributed by atoms with van der Waals surface area (Å²) in [5.41, 5.74) is 9.70. The number of benzene rings is 3. The summed E-state index contributed by atoms with van der Waals surface area (Å²) >= 11 is 0. The molecule has 1 aromatic heterocycles. The minimum Gasteiger partial charge on any atom is -0.277 e. The lowest BCUT2D eigenvalue weighted by Gasteiger charge is -2.00. The fourth-order valence-corrected chi connectivity index (χ4v) is 3.60. The lowest BCUT2D eigenvalue weighted by atomic mass is 10.1. The largest absolute Gasteiger partial charge is 0.277 e. The van der Waals surface area contributed by atoms with Crippen LogP contribution in [-0.4, -0.2) is 22.1 Å². The van der Waals surface area contributed by atoms with E-state index in [-0.39, 0.29) is 0 Å². The fourth-order valence-electron chi connectivity index (χ4n) is 3.60. The summed E-state index contributed by atoms with van der Waals surface area (Å²) in [7, 11) is 0. The zero-order valence-corrected chi connectivity index (χ0v) is 15.4. The first-order valence-electron chi connectivity index (χ1n) is 9.22. The normalized spacial score (nSPS) is 12.2. The summed E-state index contributed by atoms with van der Waals surface area (Å²) in [6.45, 7) is 2.08. The van der Waals surface area contributed by atoms with Crippen molar-refractivity contribution in [2.24, 2.45) is 10.2 Å². The average Bonchev–Trinajstić information content (AvgIpc) is 3.32. The summed E-state index contributed by atoms with van der Waals surface area (Å²) in [5.74, 6) is 0. The second-order valence-corrected chi connectivity index (χ2v) is 6.85. The van der Waals surface area contributed by atoms with E-state index in [1.165, 1.54) is 16.7 Å². The highest BCUT2D eigenvalue weighted by atomic mass is 15.2. The van der Waals surface area contributed by atoms with Crippen LogP contribution in [0.1, 0.15) is 22.3 Å². The fraction of sp³-hybridized carbons (Fsp3) is 0.0417. The summed E-state index contributed by atoms with van der Waals surface area (Å²) < 4.78 is 0. The van der Waals surface area contributed by atoms with E-state index in [2.05, 4.69) is 88.0 Å². The molecular weight excluding hydrogens is 344 g/mol. The topological polar surface area (TPSA) is 53.4 Å². The van der Waals surface area contributed by atoms with Crippen LogP contribution in [0.5, 0.6) is 0 Å². The van der Waals surface area contributed by atoms with Crippen molar-refractivity contribution in [3.05, 3.63) is 101 Å². The summed E-state index contributed by atoms with van der Waals surface area (Å²) in [4.78, 5) is 0. The first-order chi connectivity index (χ1) is 13.8. The zero-order chi connectivity index (χ0) is 18.9. The predicted molar refractivity (Wildman–Crippen MR) is 114 cm³/mol. The van der Waals surface area contributed by atoms with Crippen LogP contribution in [0, 0.1) is 6.92 Å². The highest BCUT2D eigenvalue weighted by molar-refractivity contribution is 6.24. The standard InChI is InChI=1S/C24H18N4/c1-16-10-12-17(13-11-16)23-18(14-25-27-23)15-26-28-24-21-8-4-2-6-19(21)20-7-3-5-9-22(20)24/h2-15H,1H3,(H,25,27)/b26-15+. The summed E-state index contributed by atoms with van der Waals surface area (Å²) in [6, 6.07) is 25.0. The summed E-state index contributed by atoms with van der Waals surface area (Å²) in [5, 5.41) is 16.2. The van der Waals surface area contributed by atoms with Gasteiger partial charge < -0.3 is 0 Å². The van der Waals surface area contributed by atoms with Gasteiger partial charge in [0.05, 0.1) is 18.1 Å². The number of nitrogens with zero attached hydrogens (tertiary/aromatic N) is 3. The van der Waals surface area contributed by atoms with E-state index in [0.717, 1.165) is 33.7 Å². The van der Waals surface area contributed by atoms with Crippen LogP contribution < -0.4 is 0 Å². The average molecular weight is 362 g/mol. The van der Waals surface area contributed by atoms with Crippen molar-refractivity contribution in [1.29, 1.82) is 0 Å². The highest BCUT2D eigenvalue weighted by Gasteiger charge is 2.23. The first-order valence-corrected chi connectivity index (χ1v) is 9.22. The Morgan fingerprint density at radius 3 is 2.04 bits per heavy atom. The van der Waals surface area contributed by atoms with Crippen LogP contribution in [-0.2, 0) is 0 Å². The van der Waals surface area contributed by atoms with Gasteiger partial charge in [0, 0.05) is 22.3 Å². The number of rotatable bonds is 3. The van der Waals surface area contributed by atoms with Gasteiger partial charge in [-0.25, -0.2) is 0 Å². The third-order valence-electron chi connectivity index (χ3n) is 5.02. The molecule has 0 amide bonds. The molecule has 1 aliphatic rings. The van der Waals surface area contributed by atoms with E-state index < -0.39 is 0 Å². The van der Waals surface area contributed by atoms with E-state index >= 15 is 0 Å². The molecule has 4 heteroatoms. The van der Waals surface area contributed by atoms with E-state index in [9.17, 15) is 0 Å².